The summed E-state index contributed by atoms with van der Waals surface area (Å²) in [4.78, 5) is 36.0. The van der Waals surface area contributed by atoms with Crippen LogP contribution >= 0.6 is 0 Å². The number of anilines is 1. The molecule has 0 bridgehead atoms. The number of amides is 2. The van der Waals surface area contributed by atoms with Gasteiger partial charge in [0.05, 0.1) is 6.42 Å². The van der Waals surface area contributed by atoms with Gasteiger partial charge in [0.2, 0.25) is 0 Å². The van der Waals surface area contributed by atoms with Crippen LogP contribution in [0.2, 0.25) is 0 Å². The number of carbonyl (C=O) groups is 3. The van der Waals surface area contributed by atoms with Crippen LogP contribution in [0, 0.1) is 6.92 Å². The van der Waals surface area contributed by atoms with Gasteiger partial charge in [0, 0.05) is 17.6 Å². The topological polar surface area (TPSA) is 114 Å². The van der Waals surface area contributed by atoms with Gasteiger partial charge in [-0.15, -0.1) is 0 Å². The summed E-state index contributed by atoms with van der Waals surface area (Å²) in [7, 11) is 0. The van der Waals surface area contributed by atoms with Crippen LogP contribution in [0.4, 0.5) is 15.3 Å². The Kier molecular flexibility index (Phi) is 8.45. The maximum atomic E-state index is 12.3. The van der Waals surface area contributed by atoms with Gasteiger partial charge in [-0.2, -0.15) is 0 Å². The molecular formula is C25H32N2O6. The van der Waals surface area contributed by atoms with Crippen molar-refractivity contribution in [3.63, 3.8) is 0 Å². The molecule has 0 spiro atoms. The molecule has 2 aromatic carbocycles. The molecule has 2 amide bonds. The quantitative estimate of drug-likeness (QED) is 0.515. The van der Waals surface area contributed by atoms with Crippen LogP contribution in [0.5, 0.6) is 0 Å². The molecule has 8 heteroatoms. The van der Waals surface area contributed by atoms with Gasteiger partial charge in [0.15, 0.2) is 0 Å². The highest BCUT2D eigenvalue weighted by Crippen LogP contribution is 2.32. The number of carboxylic acids is 1. The zero-order valence-corrected chi connectivity index (χ0v) is 19.7. The van der Waals surface area contributed by atoms with Crippen molar-refractivity contribution in [1.29, 1.82) is 0 Å². The Morgan fingerprint density at radius 1 is 0.970 bits per heavy atom. The average Bonchev–Trinajstić information content (AvgIpc) is 2.71. The number of nitrogens with one attached hydrogen (secondary N) is 2. The van der Waals surface area contributed by atoms with Crippen LogP contribution in [0.25, 0.3) is 0 Å². The first-order chi connectivity index (χ1) is 15.4. The van der Waals surface area contributed by atoms with Gasteiger partial charge in [-0.1, -0.05) is 43.3 Å². The number of benzene rings is 2. The predicted molar refractivity (Wildman–Crippen MR) is 125 cm³/mol. The molecule has 0 heterocycles. The molecule has 0 saturated carbocycles. The summed E-state index contributed by atoms with van der Waals surface area (Å²) in [6.45, 7) is 9.01. The lowest BCUT2D eigenvalue weighted by atomic mass is 9.77. The Labute approximate surface area is 194 Å². The fourth-order valence-corrected chi connectivity index (χ4v) is 3.40. The van der Waals surface area contributed by atoms with E-state index in [0.717, 1.165) is 11.1 Å². The molecule has 2 rings (SSSR count). The summed E-state index contributed by atoms with van der Waals surface area (Å²) in [5.74, 6) is -1.01. The standard InChI is InChI=1S/C25H32N2O6/c1-17-11-12-19(27-23(31)32-15-18-9-7-6-8-10-18)13-20(17)25(5,14-21(28)29)16-26-22(30)33-24(2,3)4/h6-13H,14-16H2,1-5H3,(H,26,30)(H,27,31)(H,28,29). The molecule has 0 aromatic heterocycles. The Bertz CT molecular complexity index is 984. The first-order valence-corrected chi connectivity index (χ1v) is 10.7. The number of ether oxygens (including phenoxy) is 2. The molecule has 0 aliphatic rings. The number of hydrogen-bond acceptors (Lipinski definition) is 5. The van der Waals surface area contributed by atoms with E-state index in [1.807, 2.05) is 37.3 Å². The summed E-state index contributed by atoms with van der Waals surface area (Å²) in [5.41, 5.74) is 1.21. The highest BCUT2D eigenvalue weighted by Gasteiger charge is 2.33. The number of rotatable bonds is 8. The van der Waals surface area contributed by atoms with Crippen molar-refractivity contribution in [1.82, 2.24) is 5.32 Å². The van der Waals surface area contributed by atoms with E-state index in [0.29, 0.717) is 11.3 Å². The maximum absolute atomic E-state index is 12.3. The summed E-state index contributed by atoms with van der Waals surface area (Å²) in [6, 6.07) is 14.5. The Morgan fingerprint density at radius 3 is 2.24 bits per heavy atom. The molecule has 1 unspecified atom stereocenters. The number of aryl methyl sites for hydroxylation is 1. The van der Waals surface area contributed by atoms with Crippen LogP contribution in [0.15, 0.2) is 48.5 Å². The van der Waals surface area contributed by atoms with Gasteiger partial charge in [-0.25, -0.2) is 9.59 Å². The van der Waals surface area contributed by atoms with Crippen LogP contribution in [0.3, 0.4) is 0 Å². The predicted octanol–water partition coefficient (Wildman–Crippen LogP) is 5.00. The molecular weight excluding hydrogens is 424 g/mol. The van der Waals surface area contributed by atoms with Gasteiger partial charge in [0.25, 0.3) is 0 Å². The van der Waals surface area contributed by atoms with Gasteiger partial charge in [-0.05, 0) is 56.5 Å². The lowest BCUT2D eigenvalue weighted by Crippen LogP contribution is -2.42. The minimum Gasteiger partial charge on any atom is -0.481 e. The van der Waals surface area contributed by atoms with Crippen molar-refractivity contribution in [2.24, 2.45) is 0 Å². The fourth-order valence-electron chi connectivity index (χ4n) is 3.40. The Balaban J connectivity index is 2.16. The Morgan fingerprint density at radius 2 is 1.64 bits per heavy atom. The van der Waals surface area contributed by atoms with E-state index in [1.165, 1.54) is 0 Å². The molecule has 0 saturated heterocycles. The normalized spacial score (nSPS) is 12.9. The number of carbonyl (C=O) groups excluding carboxylic acids is 2. The number of aliphatic carboxylic acids is 1. The average molecular weight is 457 g/mol. The van der Waals surface area contributed by atoms with Crippen molar-refractivity contribution in [2.75, 3.05) is 11.9 Å². The third kappa shape index (κ3) is 8.48. The monoisotopic (exact) mass is 456 g/mol. The molecule has 2 aromatic rings. The lowest BCUT2D eigenvalue weighted by Gasteiger charge is -2.31. The van der Waals surface area contributed by atoms with E-state index in [1.54, 1.807) is 45.9 Å². The molecule has 178 valence electrons. The zero-order chi connectivity index (χ0) is 24.6. The molecule has 0 aliphatic heterocycles. The summed E-state index contributed by atoms with van der Waals surface area (Å²) in [6.07, 6.45) is -1.48. The maximum Gasteiger partial charge on any atom is 0.411 e. The number of hydrogen-bond donors (Lipinski definition) is 3. The molecule has 0 radical (unpaired) electrons. The first-order valence-electron chi connectivity index (χ1n) is 10.7. The van der Waals surface area contributed by atoms with Crippen molar-refractivity contribution < 1.29 is 29.0 Å². The largest absolute Gasteiger partial charge is 0.481 e. The molecule has 3 N–H and O–H groups in total. The third-order valence-electron chi connectivity index (χ3n) is 4.91. The SMILES string of the molecule is Cc1ccc(NC(=O)OCc2ccccc2)cc1C(C)(CNC(=O)OC(C)(C)C)CC(=O)O. The van der Waals surface area contributed by atoms with Gasteiger partial charge in [-0.3, -0.25) is 10.1 Å². The molecule has 1 atom stereocenters. The second kappa shape index (κ2) is 10.8. The van der Waals surface area contributed by atoms with Crippen LogP contribution in [-0.4, -0.2) is 35.4 Å². The van der Waals surface area contributed by atoms with Crippen molar-refractivity contribution >= 4 is 23.8 Å². The number of carboxylic acid groups (broad SMARTS) is 1. The number of alkyl carbamates (subject to hydrolysis) is 1. The highest BCUT2D eigenvalue weighted by molar-refractivity contribution is 5.85. The van der Waals surface area contributed by atoms with E-state index in [9.17, 15) is 19.5 Å². The van der Waals surface area contributed by atoms with Crippen molar-refractivity contribution in [3.05, 3.63) is 65.2 Å². The van der Waals surface area contributed by atoms with E-state index in [-0.39, 0.29) is 19.6 Å². The Hall–Kier alpha value is -3.55. The molecule has 0 aliphatic carbocycles. The first kappa shape index (κ1) is 25.7. The fraction of sp³-hybridized carbons (Fsp3) is 0.400. The van der Waals surface area contributed by atoms with Crippen LogP contribution < -0.4 is 10.6 Å². The van der Waals surface area contributed by atoms with Crippen molar-refractivity contribution in [2.45, 2.75) is 58.7 Å². The molecule has 8 nitrogen and oxygen atoms in total. The van der Waals surface area contributed by atoms with E-state index in [4.69, 9.17) is 9.47 Å². The zero-order valence-electron chi connectivity index (χ0n) is 19.7. The minimum atomic E-state index is -1.01. The van der Waals surface area contributed by atoms with E-state index < -0.39 is 29.2 Å². The third-order valence-corrected chi connectivity index (χ3v) is 4.91. The van der Waals surface area contributed by atoms with Gasteiger partial charge < -0.3 is 19.9 Å². The van der Waals surface area contributed by atoms with E-state index in [2.05, 4.69) is 10.6 Å². The van der Waals surface area contributed by atoms with Crippen LogP contribution in [0.1, 0.15) is 50.8 Å². The molecule has 0 fully saturated rings. The van der Waals surface area contributed by atoms with Gasteiger partial charge >= 0.3 is 18.2 Å². The summed E-state index contributed by atoms with van der Waals surface area (Å²) in [5, 5.41) is 14.9. The van der Waals surface area contributed by atoms with E-state index >= 15 is 0 Å². The van der Waals surface area contributed by atoms with Gasteiger partial charge in [0.1, 0.15) is 12.2 Å². The summed E-state index contributed by atoms with van der Waals surface area (Å²) >= 11 is 0. The minimum absolute atomic E-state index is 0.0387. The summed E-state index contributed by atoms with van der Waals surface area (Å²) < 4.78 is 10.5. The molecule has 33 heavy (non-hydrogen) atoms. The van der Waals surface area contributed by atoms with Crippen LogP contribution in [-0.2, 0) is 26.3 Å². The smallest absolute Gasteiger partial charge is 0.411 e. The second-order valence-electron chi connectivity index (χ2n) is 9.20. The lowest BCUT2D eigenvalue weighted by molar-refractivity contribution is -0.138. The second-order valence-corrected chi connectivity index (χ2v) is 9.20. The van der Waals surface area contributed by atoms with Crippen molar-refractivity contribution in [3.8, 4) is 0 Å². The highest BCUT2D eigenvalue weighted by atomic mass is 16.6.